The molecule has 2 heterocycles. The number of hydrogen-bond donors (Lipinski definition) is 2. The molecule has 0 aliphatic carbocycles. The summed E-state index contributed by atoms with van der Waals surface area (Å²) in [5.74, 6) is -1.19. The first-order valence-corrected chi connectivity index (χ1v) is 6.41. The van der Waals surface area contributed by atoms with Crippen LogP contribution < -0.4 is 10.6 Å². The quantitative estimate of drug-likeness (QED) is 0.729. The Balaban J connectivity index is 2.04. The minimum atomic E-state index is -0.449. The number of carbonyl (C=O) groups excluding carboxylic acids is 2. The number of hydrogen-bond acceptors (Lipinski definition) is 2. The molecule has 2 N–H and O–H groups in total. The summed E-state index contributed by atoms with van der Waals surface area (Å²) in [5, 5.41) is 5.38. The maximum atomic E-state index is 13.5. The number of nitrogens with one attached hydrogen (secondary N) is 2. The first kappa shape index (κ1) is 11.8. The molecule has 0 atom stereocenters. The van der Waals surface area contributed by atoms with E-state index in [9.17, 15) is 14.0 Å². The van der Waals surface area contributed by atoms with Crippen molar-refractivity contribution < 1.29 is 14.0 Å². The van der Waals surface area contributed by atoms with Gasteiger partial charge in [-0.25, -0.2) is 4.39 Å². The van der Waals surface area contributed by atoms with Gasteiger partial charge in [-0.05, 0) is 24.3 Å². The smallest absolute Gasteiger partial charge is 0.257 e. The highest BCUT2D eigenvalue weighted by Crippen LogP contribution is 2.42. The molecule has 0 unspecified atom stereocenters. The van der Waals surface area contributed by atoms with Crippen molar-refractivity contribution in [3.8, 4) is 0 Å². The molecule has 4 rings (SSSR count). The molecule has 0 saturated heterocycles. The van der Waals surface area contributed by atoms with Gasteiger partial charge in [-0.15, -0.1) is 0 Å². The van der Waals surface area contributed by atoms with E-state index in [4.69, 9.17) is 0 Å². The minimum Gasteiger partial charge on any atom is -0.321 e. The fraction of sp³-hybridized carbons (Fsp3) is 0. The molecule has 0 fully saturated rings. The molecule has 0 spiro atoms. The third-order valence-corrected chi connectivity index (χ3v) is 3.65. The van der Waals surface area contributed by atoms with Gasteiger partial charge >= 0.3 is 0 Å². The van der Waals surface area contributed by atoms with E-state index in [1.54, 1.807) is 24.3 Å². The maximum absolute atomic E-state index is 13.5. The fourth-order valence-electron chi connectivity index (χ4n) is 2.75. The van der Waals surface area contributed by atoms with Crippen LogP contribution in [0.1, 0.15) is 11.1 Å². The topological polar surface area (TPSA) is 58.2 Å². The van der Waals surface area contributed by atoms with E-state index in [1.165, 1.54) is 18.2 Å². The SMILES string of the molecule is O=C1Nc2ccccc2C1=C1C(=O)Nc2ccc(F)cc21. The van der Waals surface area contributed by atoms with E-state index in [0.717, 1.165) is 0 Å². The third kappa shape index (κ3) is 1.61. The van der Waals surface area contributed by atoms with Crippen molar-refractivity contribution >= 4 is 34.3 Å². The Labute approximate surface area is 119 Å². The highest BCUT2D eigenvalue weighted by Gasteiger charge is 2.35. The Kier molecular flexibility index (Phi) is 2.27. The summed E-state index contributed by atoms with van der Waals surface area (Å²) >= 11 is 0. The van der Waals surface area contributed by atoms with Gasteiger partial charge in [-0.3, -0.25) is 9.59 Å². The first-order chi connectivity index (χ1) is 10.1. The van der Waals surface area contributed by atoms with E-state index in [0.29, 0.717) is 22.5 Å². The number of amides is 2. The molecule has 102 valence electrons. The summed E-state index contributed by atoms with van der Waals surface area (Å²) in [5.41, 5.74) is 2.75. The molecular weight excluding hydrogens is 271 g/mol. The Morgan fingerprint density at radius 1 is 0.762 bits per heavy atom. The molecule has 5 heteroatoms. The van der Waals surface area contributed by atoms with Crippen LogP contribution in [0.5, 0.6) is 0 Å². The van der Waals surface area contributed by atoms with Crippen LogP contribution in [0, 0.1) is 5.82 Å². The molecule has 21 heavy (non-hydrogen) atoms. The van der Waals surface area contributed by atoms with E-state index >= 15 is 0 Å². The van der Waals surface area contributed by atoms with E-state index in [2.05, 4.69) is 10.6 Å². The van der Waals surface area contributed by atoms with Crippen molar-refractivity contribution in [1.29, 1.82) is 0 Å². The molecule has 4 nitrogen and oxygen atoms in total. The highest BCUT2D eigenvalue weighted by atomic mass is 19.1. The molecule has 0 radical (unpaired) electrons. The second kappa shape index (κ2) is 4.02. The summed E-state index contributed by atoms with van der Waals surface area (Å²) in [6.07, 6.45) is 0. The second-order valence-electron chi connectivity index (χ2n) is 4.89. The molecule has 0 aromatic heterocycles. The molecule has 0 saturated carbocycles. The van der Waals surface area contributed by atoms with Crippen LogP contribution in [0.2, 0.25) is 0 Å². The lowest BCUT2D eigenvalue weighted by atomic mass is 9.96. The molecule has 2 aromatic rings. The number of anilines is 2. The number of halogens is 1. The maximum Gasteiger partial charge on any atom is 0.257 e. The monoisotopic (exact) mass is 280 g/mol. The number of fused-ring (bicyclic) bond motifs is 2. The van der Waals surface area contributed by atoms with Gasteiger partial charge in [0.2, 0.25) is 0 Å². The fourth-order valence-corrected chi connectivity index (χ4v) is 2.75. The summed E-state index contributed by atoms with van der Waals surface area (Å²) in [6.45, 7) is 0. The Bertz CT molecular complexity index is 855. The van der Waals surface area contributed by atoms with Gasteiger partial charge in [0.15, 0.2) is 0 Å². The van der Waals surface area contributed by atoms with Crippen LogP contribution in [0.3, 0.4) is 0 Å². The second-order valence-corrected chi connectivity index (χ2v) is 4.89. The van der Waals surface area contributed by atoms with Crippen LogP contribution in [-0.2, 0) is 9.59 Å². The predicted octanol–water partition coefficient (Wildman–Crippen LogP) is 2.64. The summed E-state index contributed by atoms with van der Waals surface area (Å²) < 4.78 is 13.5. The summed E-state index contributed by atoms with van der Waals surface area (Å²) in [7, 11) is 0. The lowest BCUT2D eigenvalue weighted by molar-refractivity contribution is -0.112. The van der Waals surface area contributed by atoms with Crippen LogP contribution in [0.15, 0.2) is 42.5 Å². The van der Waals surface area contributed by atoms with E-state index < -0.39 is 11.7 Å². The Morgan fingerprint density at radius 2 is 1.38 bits per heavy atom. The standard InChI is InChI=1S/C16H9FN2O2/c17-8-5-6-12-10(7-8)14(16(21)19-12)13-9-3-1-2-4-11(9)18-15(13)20/h1-7H,(H,18,20)(H,19,21). The molecule has 2 aromatic carbocycles. The van der Waals surface area contributed by atoms with Crippen molar-refractivity contribution in [3.05, 3.63) is 59.4 Å². The number of carbonyl (C=O) groups is 2. The molecular formula is C16H9FN2O2. The van der Waals surface area contributed by atoms with Crippen molar-refractivity contribution in [2.75, 3.05) is 10.6 Å². The predicted molar refractivity (Wildman–Crippen MR) is 76.9 cm³/mol. The number of benzene rings is 2. The van der Waals surface area contributed by atoms with Gasteiger partial charge < -0.3 is 10.6 Å². The van der Waals surface area contributed by atoms with Gasteiger partial charge in [0, 0.05) is 22.5 Å². The Morgan fingerprint density at radius 3 is 2.14 bits per heavy atom. The van der Waals surface area contributed by atoms with Crippen LogP contribution in [0.4, 0.5) is 15.8 Å². The zero-order valence-corrected chi connectivity index (χ0v) is 10.7. The van der Waals surface area contributed by atoms with Crippen molar-refractivity contribution in [2.24, 2.45) is 0 Å². The lowest BCUT2D eigenvalue weighted by Crippen LogP contribution is -2.10. The summed E-state index contributed by atoms with van der Waals surface area (Å²) in [4.78, 5) is 24.4. The minimum absolute atomic E-state index is 0.215. The van der Waals surface area contributed by atoms with Gasteiger partial charge in [-0.2, -0.15) is 0 Å². The first-order valence-electron chi connectivity index (χ1n) is 6.41. The molecule has 0 bridgehead atoms. The molecule has 2 aliphatic rings. The average Bonchev–Trinajstić information content (AvgIpc) is 2.94. The molecule has 2 aliphatic heterocycles. The average molecular weight is 280 g/mol. The zero-order valence-electron chi connectivity index (χ0n) is 10.7. The van der Waals surface area contributed by atoms with Crippen molar-refractivity contribution in [3.63, 3.8) is 0 Å². The van der Waals surface area contributed by atoms with Gasteiger partial charge in [-0.1, -0.05) is 18.2 Å². The summed E-state index contributed by atoms with van der Waals surface area (Å²) in [6, 6.07) is 11.2. The highest BCUT2D eigenvalue weighted by molar-refractivity contribution is 6.49. The Hall–Kier alpha value is -2.95. The third-order valence-electron chi connectivity index (χ3n) is 3.65. The van der Waals surface area contributed by atoms with Gasteiger partial charge in [0.1, 0.15) is 5.82 Å². The van der Waals surface area contributed by atoms with Crippen molar-refractivity contribution in [1.82, 2.24) is 0 Å². The van der Waals surface area contributed by atoms with Crippen LogP contribution >= 0.6 is 0 Å². The van der Waals surface area contributed by atoms with E-state index in [-0.39, 0.29) is 17.1 Å². The van der Waals surface area contributed by atoms with E-state index in [1.807, 2.05) is 0 Å². The lowest BCUT2D eigenvalue weighted by Gasteiger charge is -2.03. The number of rotatable bonds is 0. The van der Waals surface area contributed by atoms with Gasteiger partial charge in [0.05, 0.1) is 11.1 Å². The number of para-hydroxylation sites is 1. The molecule has 2 amide bonds. The van der Waals surface area contributed by atoms with Crippen LogP contribution in [-0.4, -0.2) is 11.8 Å². The normalized spacial score (nSPS) is 19.1. The largest absolute Gasteiger partial charge is 0.321 e. The van der Waals surface area contributed by atoms with Crippen molar-refractivity contribution in [2.45, 2.75) is 0 Å². The zero-order chi connectivity index (χ0) is 14.6. The van der Waals surface area contributed by atoms with Crippen LogP contribution in [0.25, 0.3) is 11.1 Å². The van der Waals surface area contributed by atoms with Gasteiger partial charge in [0.25, 0.3) is 11.8 Å².